The molecule has 1 heterocycles. The van der Waals surface area contributed by atoms with Gasteiger partial charge in [-0.15, -0.1) is 0 Å². The van der Waals surface area contributed by atoms with Gasteiger partial charge in [-0.1, -0.05) is 18.7 Å². The quantitative estimate of drug-likeness (QED) is 0.449. The van der Waals surface area contributed by atoms with Crippen LogP contribution in [0.25, 0.3) is 0 Å². The summed E-state index contributed by atoms with van der Waals surface area (Å²) < 4.78 is 0. The van der Waals surface area contributed by atoms with Gasteiger partial charge in [0, 0.05) is 24.2 Å². The molecule has 5 heteroatoms. The predicted octanol–water partition coefficient (Wildman–Crippen LogP) is 2.77. The van der Waals surface area contributed by atoms with Crippen molar-refractivity contribution in [1.29, 1.82) is 5.26 Å². The lowest BCUT2D eigenvalue weighted by atomic mass is 9.92. The maximum absolute atomic E-state index is 9.43. The van der Waals surface area contributed by atoms with E-state index in [0.29, 0.717) is 6.04 Å². The van der Waals surface area contributed by atoms with Crippen LogP contribution in [-0.2, 0) is 0 Å². The SMILES string of the molecule is CCC(C#N)(CCCSc1ncccn1)NC1CC1. The van der Waals surface area contributed by atoms with E-state index in [-0.39, 0.29) is 5.54 Å². The van der Waals surface area contributed by atoms with Crippen LogP contribution >= 0.6 is 11.8 Å². The summed E-state index contributed by atoms with van der Waals surface area (Å²) in [5.74, 6) is 0.958. The fourth-order valence-corrected chi connectivity index (χ4v) is 2.78. The minimum atomic E-state index is -0.334. The normalized spacial score (nSPS) is 17.7. The van der Waals surface area contributed by atoms with E-state index >= 15 is 0 Å². The van der Waals surface area contributed by atoms with Crippen molar-refractivity contribution in [2.75, 3.05) is 5.75 Å². The summed E-state index contributed by atoms with van der Waals surface area (Å²) in [6, 6.07) is 4.88. The summed E-state index contributed by atoms with van der Waals surface area (Å²) in [5.41, 5.74) is -0.334. The van der Waals surface area contributed by atoms with Gasteiger partial charge in [0.15, 0.2) is 5.16 Å². The molecule has 1 N–H and O–H groups in total. The van der Waals surface area contributed by atoms with Crippen molar-refractivity contribution in [3.05, 3.63) is 18.5 Å². The summed E-state index contributed by atoms with van der Waals surface area (Å²) in [6.07, 6.45) is 8.73. The summed E-state index contributed by atoms with van der Waals surface area (Å²) in [5, 5.41) is 13.7. The van der Waals surface area contributed by atoms with Crippen LogP contribution in [0.1, 0.15) is 39.0 Å². The number of nitrogens with one attached hydrogen (secondary N) is 1. The second-order valence-electron chi connectivity index (χ2n) is 4.95. The van der Waals surface area contributed by atoms with Crippen LogP contribution in [0.4, 0.5) is 0 Å². The lowest BCUT2D eigenvalue weighted by Crippen LogP contribution is -2.44. The monoisotopic (exact) mass is 276 g/mol. The zero-order valence-electron chi connectivity index (χ0n) is 11.3. The second-order valence-corrected chi connectivity index (χ2v) is 6.01. The molecular formula is C14H20N4S. The third-order valence-electron chi connectivity index (χ3n) is 3.40. The second kappa shape index (κ2) is 6.88. The Hall–Kier alpha value is -1.12. The first-order chi connectivity index (χ1) is 9.28. The van der Waals surface area contributed by atoms with Gasteiger partial charge in [0.2, 0.25) is 0 Å². The lowest BCUT2D eigenvalue weighted by molar-refractivity contribution is 0.367. The zero-order chi connectivity index (χ0) is 13.6. The van der Waals surface area contributed by atoms with Gasteiger partial charge in [-0.3, -0.25) is 5.32 Å². The fraction of sp³-hybridized carbons (Fsp3) is 0.643. The van der Waals surface area contributed by atoms with Gasteiger partial charge in [0.05, 0.1) is 6.07 Å². The number of aromatic nitrogens is 2. The summed E-state index contributed by atoms with van der Waals surface area (Å²) in [6.45, 7) is 2.09. The number of hydrogen-bond donors (Lipinski definition) is 1. The number of nitrogens with zero attached hydrogens (tertiary/aromatic N) is 3. The average Bonchev–Trinajstić information content (AvgIpc) is 3.27. The van der Waals surface area contributed by atoms with Crippen LogP contribution in [-0.4, -0.2) is 27.3 Å². The minimum absolute atomic E-state index is 0.334. The van der Waals surface area contributed by atoms with Gasteiger partial charge in [-0.25, -0.2) is 9.97 Å². The predicted molar refractivity (Wildman–Crippen MR) is 76.8 cm³/mol. The van der Waals surface area contributed by atoms with Gasteiger partial charge >= 0.3 is 0 Å². The summed E-state index contributed by atoms with van der Waals surface area (Å²) in [7, 11) is 0. The third kappa shape index (κ3) is 4.48. The topological polar surface area (TPSA) is 61.6 Å². The fourth-order valence-electron chi connectivity index (χ4n) is 2.03. The van der Waals surface area contributed by atoms with Crippen LogP contribution in [0.5, 0.6) is 0 Å². The van der Waals surface area contributed by atoms with Crippen LogP contribution in [0, 0.1) is 11.3 Å². The highest BCUT2D eigenvalue weighted by atomic mass is 32.2. The molecule has 0 aliphatic heterocycles. The lowest BCUT2D eigenvalue weighted by Gasteiger charge is -2.26. The van der Waals surface area contributed by atoms with Crippen molar-refractivity contribution >= 4 is 11.8 Å². The first-order valence-corrected chi connectivity index (χ1v) is 7.85. The van der Waals surface area contributed by atoms with Crippen molar-refractivity contribution in [3.63, 3.8) is 0 Å². The van der Waals surface area contributed by atoms with Crippen molar-refractivity contribution in [2.24, 2.45) is 0 Å². The van der Waals surface area contributed by atoms with Gasteiger partial charge < -0.3 is 0 Å². The standard InChI is InChI=1S/C14H20N4S/c1-2-14(11-15,18-12-5-6-12)7-3-10-19-13-16-8-4-9-17-13/h4,8-9,12,18H,2-3,5-7,10H2,1H3. The van der Waals surface area contributed by atoms with Gasteiger partial charge in [-0.2, -0.15) is 5.26 Å². The number of hydrogen-bond acceptors (Lipinski definition) is 5. The van der Waals surface area contributed by atoms with Crippen molar-refractivity contribution in [1.82, 2.24) is 15.3 Å². The molecule has 1 aromatic rings. The van der Waals surface area contributed by atoms with E-state index in [1.807, 2.05) is 6.07 Å². The molecular weight excluding hydrogens is 256 g/mol. The highest BCUT2D eigenvalue weighted by Gasteiger charge is 2.34. The Morgan fingerprint density at radius 2 is 2.21 bits per heavy atom. The Morgan fingerprint density at radius 1 is 1.47 bits per heavy atom. The van der Waals surface area contributed by atoms with Crippen LogP contribution in [0.2, 0.25) is 0 Å². The number of nitriles is 1. The average molecular weight is 276 g/mol. The highest BCUT2D eigenvalue weighted by Crippen LogP contribution is 2.27. The first kappa shape index (κ1) is 14.3. The molecule has 0 saturated heterocycles. The number of rotatable bonds is 8. The molecule has 0 spiro atoms. The molecule has 1 fully saturated rings. The maximum atomic E-state index is 9.43. The smallest absolute Gasteiger partial charge is 0.187 e. The van der Waals surface area contributed by atoms with Crippen molar-refractivity contribution in [2.45, 2.75) is 55.8 Å². The van der Waals surface area contributed by atoms with Gasteiger partial charge in [0.25, 0.3) is 0 Å². The first-order valence-electron chi connectivity index (χ1n) is 6.87. The summed E-state index contributed by atoms with van der Waals surface area (Å²) >= 11 is 1.66. The summed E-state index contributed by atoms with van der Waals surface area (Å²) in [4.78, 5) is 8.37. The molecule has 0 amide bonds. The molecule has 1 aliphatic carbocycles. The van der Waals surface area contributed by atoms with E-state index in [1.165, 1.54) is 12.8 Å². The Balaban J connectivity index is 1.74. The van der Waals surface area contributed by atoms with E-state index in [0.717, 1.165) is 30.2 Å². The molecule has 1 saturated carbocycles. The maximum Gasteiger partial charge on any atom is 0.187 e. The van der Waals surface area contributed by atoms with E-state index < -0.39 is 0 Å². The Labute approximate surface area is 119 Å². The van der Waals surface area contributed by atoms with Crippen LogP contribution < -0.4 is 5.32 Å². The van der Waals surface area contributed by atoms with Gasteiger partial charge in [-0.05, 0) is 38.2 Å². The third-order valence-corrected chi connectivity index (χ3v) is 4.36. The minimum Gasteiger partial charge on any atom is -0.297 e. The van der Waals surface area contributed by atoms with E-state index in [2.05, 4.69) is 28.3 Å². The molecule has 2 rings (SSSR count). The molecule has 1 aromatic heterocycles. The van der Waals surface area contributed by atoms with Gasteiger partial charge in [0.1, 0.15) is 5.54 Å². The number of thioether (sulfide) groups is 1. The highest BCUT2D eigenvalue weighted by molar-refractivity contribution is 7.99. The molecule has 102 valence electrons. The van der Waals surface area contributed by atoms with Crippen molar-refractivity contribution < 1.29 is 0 Å². The molecule has 0 radical (unpaired) electrons. The van der Waals surface area contributed by atoms with Crippen LogP contribution in [0.3, 0.4) is 0 Å². The van der Waals surface area contributed by atoms with E-state index in [1.54, 1.807) is 24.2 Å². The molecule has 19 heavy (non-hydrogen) atoms. The largest absolute Gasteiger partial charge is 0.297 e. The molecule has 0 aromatic carbocycles. The Bertz CT molecular complexity index is 427. The zero-order valence-corrected chi connectivity index (χ0v) is 12.1. The molecule has 0 bridgehead atoms. The molecule has 1 aliphatic rings. The molecule has 4 nitrogen and oxygen atoms in total. The van der Waals surface area contributed by atoms with E-state index in [4.69, 9.17) is 0 Å². The Kier molecular flexibility index (Phi) is 5.17. The Morgan fingerprint density at radius 3 is 2.79 bits per heavy atom. The molecule has 1 unspecified atom stereocenters. The van der Waals surface area contributed by atoms with Crippen molar-refractivity contribution in [3.8, 4) is 6.07 Å². The van der Waals surface area contributed by atoms with Crippen LogP contribution in [0.15, 0.2) is 23.6 Å². The molecule has 1 atom stereocenters. The van der Waals surface area contributed by atoms with E-state index in [9.17, 15) is 5.26 Å².